The van der Waals surface area contributed by atoms with Gasteiger partial charge in [-0.2, -0.15) is 9.40 Å². The van der Waals surface area contributed by atoms with E-state index in [1.807, 2.05) is 0 Å². The van der Waals surface area contributed by atoms with Crippen LogP contribution in [0.2, 0.25) is 0 Å². The van der Waals surface area contributed by atoms with Crippen LogP contribution in [0.5, 0.6) is 0 Å². The van der Waals surface area contributed by atoms with Crippen molar-refractivity contribution in [2.24, 2.45) is 5.41 Å². The van der Waals surface area contributed by atoms with Crippen LogP contribution in [0.1, 0.15) is 31.7 Å². The van der Waals surface area contributed by atoms with Gasteiger partial charge in [0.25, 0.3) is 0 Å². The highest BCUT2D eigenvalue weighted by molar-refractivity contribution is 7.89. The molecule has 3 fully saturated rings. The number of aliphatic hydroxyl groups is 1. The van der Waals surface area contributed by atoms with E-state index < -0.39 is 16.1 Å². The Morgan fingerprint density at radius 3 is 2.68 bits per heavy atom. The molecule has 1 unspecified atom stereocenters. The van der Waals surface area contributed by atoms with Crippen LogP contribution >= 0.6 is 0 Å². The SMILES string of the molecule is O=S(=O)(c1cnn(C2CCOCC2)c1)N1CC(O)C2(CC2)C1. The molecule has 4 rings (SSSR count). The smallest absolute Gasteiger partial charge is 0.246 e. The van der Waals surface area contributed by atoms with E-state index in [0.717, 1.165) is 25.7 Å². The Hall–Kier alpha value is -0.960. The van der Waals surface area contributed by atoms with Crippen molar-refractivity contribution in [3.63, 3.8) is 0 Å². The van der Waals surface area contributed by atoms with Gasteiger partial charge in [0, 0.05) is 37.9 Å². The third kappa shape index (κ3) is 2.29. The Balaban J connectivity index is 1.55. The van der Waals surface area contributed by atoms with Crippen LogP contribution in [-0.4, -0.2) is 60.0 Å². The molecule has 0 radical (unpaired) electrons. The maximum Gasteiger partial charge on any atom is 0.246 e. The van der Waals surface area contributed by atoms with Crippen molar-refractivity contribution >= 4 is 10.0 Å². The molecule has 7 nitrogen and oxygen atoms in total. The number of hydrogen-bond donors (Lipinski definition) is 1. The number of aliphatic hydroxyl groups excluding tert-OH is 1. The number of rotatable bonds is 3. The highest BCUT2D eigenvalue weighted by Gasteiger charge is 2.57. The average Bonchev–Trinajstić information content (AvgIpc) is 2.98. The Labute approximate surface area is 129 Å². The van der Waals surface area contributed by atoms with Crippen molar-refractivity contribution < 1.29 is 18.3 Å². The molecular weight excluding hydrogens is 306 g/mol. The summed E-state index contributed by atoms with van der Waals surface area (Å²) in [5.74, 6) is 0. The van der Waals surface area contributed by atoms with E-state index in [-0.39, 0.29) is 22.9 Å². The third-order valence-electron chi connectivity index (χ3n) is 5.25. The molecule has 1 aliphatic carbocycles. The molecule has 2 aliphatic heterocycles. The summed E-state index contributed by atoms with van der Waals surface area (Å²) in [6.07, 6.45) is 6.06. The van der Waals surface area contributed by atoms with Crippen LogP contribution in [0.4, 0.5) is 0 Å². The fraction of sp³-hybridized carbons (Fsp3) is 0.786. The lowest BCUT2D eigenvalue weighted by Crippen LogP contribution is -2.29. The Bertz CT molecular complexity index is 661. The van der Waals surface area contributed by atoms with Crippen molar-refractivity contribution in [2.45, 2.75) is 42.7 Å². The van der Waals surface area contributed by atoms with Gasteiger partial charge in [-0.15, -0.1) is 0 Å². The van der Waals surface area contributed by atoms with Gasteiger partial charge in [-0.05, 0) is 25.7 Å². The van der Waals surface area contributed by atoms with Gasteiger partial charge in [0.2, 0.25) is 10.0 Å². The molecule has 0 amide bonds. The first-order chi connectivity index (χ1) is 10.5. The highest BCUT2D eigenvalue weighted by Crippen LogP contribution is 2.53. The summed E-state index contributed by atoms with van der Waals surface area (Å²) in [6, 6.07) is 0.205. The first-order valence-electron chi connectivity index (χ1n) is 7.81. The molecule has 22 heavy (non-hydrogen) atoms. The Kier molecular flexibility index (Phi) is 3.34. The third-order valence-corrected chi connectivity index (χ3v) is 7.01. The molecule has 0 aromatic carbocycles. The summed E-state index contributed by atoms with van der Waals surface area (Å²) < 4.78 is 33.9. The molecule has 3 aliphatic rings. The first kappa shape index (κ1) is 14.6. The van der Waals surface area contributed by atoms with Gasteiger partial charge in [-0.25, -0.2) is 8.42 Å². The number of hydrogen-bond acceptors (Lipinski definition) is 5. The van der Waals surface area contributed by atoms with Crippen molar-refractivity contribution in [2.75, 3.05) is 26.3 Å². The molecule has 8 heteroatoms. The van der Waals surface area contributed by atoms with Gasteiger partial charge in [0.1, 0.15) is 4.90 Å². The Morgan fingerprint density at radius 2 is 2.05 bits per heavy atom. The summed E-state index contributed by atoms with van der Waals surface area (Å²) in [6.45, 7) is 2.00. The van der Waals surface area contributed by atoms with Crippen LogP contribution < -0.4 is 0 Å². The topological polar surface area (TPSA) is 84.7 Å². The minimum absolute atomic E-state index is 0.177. The van der Waals surface area contributed by atoms with Gasteiger partial charge >= 0.3 is 0 Å². The molecule has 1 N–H and O–H groups in total. The summed E-state index contributed by atoms with van der Waals surface area (Å²) in [7, 11) is -3.56. The van der Waals surface area contributed by atoms with Gasteiger partial charge in [-0.3, -0.25) is 4.68 Å². The first-order valence-corrected chi connectivity index (χ1v) is 9.25. The van der Waals surface area contributed by atoms with E-state index >= 15 is 0 Å². The summed E-state index contributed by atoms with van der Waals surface area (Å²) in [5, 5.41) is 14.3. The molecule has 1 aromatic heterocycles. The molecule has 1 atom stereocenters. The van der Waals surface area contributed by atoms with Crippen LogP contribution in [0.15, 0.2) is 17.3 Å². The van der Waals surface area contributed by atoms with E-state index in [0.29, 0.717) is 19.8 Å². The molecule has 2 saturated heterocycles. The number of aromatic nitrogens is 2. The molecule has 1 saturated carbocycles. The van der Waals surface area contributed by atoms with Gasteiger partial charge in [0.05, 0.1) is 18.3 Å². The second kappa shape index (κ2) is 5.02. The standard InChI is InChI=1S/C14H21N3O4S/c18-13-9-16(10-14(13)3-4-14)22(19,20)12-7-15-17(8-12)11-1-5-21-6-2-11/h7-8,11,13,18H,1-6,9-10H2. The summed E-state index contributed by atoms with van der Waals surface area (Å²) in [5.41, 5.74) is -0.177. The van der Waals surface area contributed by atoms with E-state index in [9.17, 15) is 13.5 Å². The molecule has 3 heterocycles. The zero-order valence-corrected chi connectivity index (χ0v) is 13.2. The minimum atomic E-state index is -3.56. The van der Waals surface area contributed by atoms with E-state index in [1.54, 1.807) is 10.9 Å². The number of nitrogens with zero attached hydrogens (tertiary/aromatic N) is 3. The zero-order chi connectivity index (χ0) is 15.4. The van der Waals surface area contributed by atoms with Gasteiger partial charge < -0.3 is 9.84 Å². The van der Waals surface area contributed by atoms with Crippen molar-refractivity contribution in [3.05, 3.63) is 12.4 Å². The monoisotopic (exact) mass is 327 g/mol. The van der Waals surface area contributed by atoms with Crippen molar-refractivity contribution in [3.8, 4) is 0 Å². The normalized spacial score (nSPS) is 29.2. The van der Waals surface area contributed by atoms with Crippen LogP contribution in [0.25, 0.3) is 0 Å². The lowest BCUT2D eigenvalue weighted by molar-refractivity contribution is 0.0662. The Morgan fingerprint density at radius 1 is 1.32 bits per heavy atom. The van der Waals surface area contributed by atoms with Gasteiger partial charge in [-0.1, -0.05) is 0 Å². The molecule has 1 spiro atoms. The van der Waals surface area contributed by atoms with Gasteiger partial charge in [0.15, 0.2) is 0 Å². The molecule has 0 bridgehead atoms. The van der Waals surface area contributed by atoms with E-state index in [1.165, 1.54) is 10.5 Å². The van der Waals surface area contributed by atoms with Crippen LogP contribution in [0, 0.1) is 5.41 Å². The molecule has 122 valence electrons. The number of sulfonamides is 1. The quantitative estimate of drug-likeness (QED) is 0.867. The second-order valence-electron chi connectivity index (χ2n) is 6.68. The zero-order valence-electron chi connectivity index (χ0n) is 12.4. The van der Waals surface area contributed by atoms with Crippen molar-refractivity contribution in [1.29, 1.82) is 0 Å². The second-order valence-corrected chi connectivity index (χ2v) is 8.61. The summed E-state index contributed by atoms with van der Waals surface area (Å²) >= 11 is 0. The lowest BCUT2D eigenvalue weighted by atomic mass is 10.0. The maximum atomic E-state index is 12.7. The van der Waals surface area contributed by atoms with Crippen molar-refractivity contribution in [1.82, 2.24) is 14.1 Å². The number of ether oxygens (including phenoxy) is 1. The molecule has 1 aromatic rings. The van der Waals surface area contributed by atoms with E-state index in [2.05, 4.69) is 5.10 Å². The van der Waals surface area contributed by atoms with Crippen LogP contribution in [0.3, 0.4) is 0 Å². The molecular formula is C14H21N3O4S. The summed E-state index contributed by atoms with van der Waals surface area (Å²) in [4.78, 5) is 0.226. The number of β-amino-alcohol motifs (C(OH)–C–C–N with tert-alkyl or cyclic N) is 1. The fourth-order valence-electron chi connectivity index (χ4n) is 3.49. The largest absolute Gasteiger partial charge is 0.391 e. The van der Waals surface area contributed by atoms with E-state index in [4.69, 9.17) is 4.74 Å². The predicted molar refractivity (Wildman–Crippen MR) is 77.7 cm³/mol. The fourth-order valence-corrected chi connectivity index (χ4v) is 4.98. The average molecular weight is 327 g/mol. The highest BCUT2D eigenvalue weighted by atomic mass is 32.2. The van der Waals surface area contributed by atoms with Crippen LogP contribution in [-0.2, 0) is 14.8 Å². The maximum absolute atomic E-state index is 12.7. The predicted octanol–water partition coefficient (Wildman–Crippen LogP) is 0.380. The minimum Gasteiger partial charge on any atom is -0.391 e. The lowest BCUT2D eigenvalue weighted by Gasteiger charge is -2.22.